The quantitative estimate of drug-likeness (QED) is 0.638. The molecule has 0 aliphatic heterocycles. The highest BCUT2D eigenvalue weighted by atomic mass is 19.1. The maximum absolute atomic E-state index is 13.0. The number of nitriles is 2. The lowest BCUT2D eigenvalue weighted by Crippen LogP contribution is -1.83. The van der Waals surface area contributed by atoms with Gasteiger partial charge in [-0.3, -0.25) is 0 Å². The molecule has 0 unspecified atom stereocenters. The van der Waals surface area contributed by atoms with Crippen LogP contribution in [0.3, 0.4) is 0 Å². The lowest BCUT2D eigenvalue weighted by molar-refractivity contribution is 0.571. The summed E-state index contributed by atoms with van der Waals surface area (Å²) >= 11 is 0. The summed E-state index contributed by atoms with van der Waals surface area (Å²) in [5, 5.41) is 18.3. The van der Waals surface area contributed by atoms with E-state index in [1.54, 1.807) is 54.6 Å². The molecule has 0 aliphatic carbocycles. The van der Waals surface area contributed by atoms with Crippen LogP contribution >= 0.6 is 0 Å². The molecular weight excluding hydrogens is 303 g/mol. The average Bonchev–Trinajstić information content (AvgIpc) is 3.09. The summed E-state index contributed by atoms with van der Waals surface area (Å²) in [5.74, 6) is 0.784. The molecular formula is C20H11FN2O. The fraction of sp³-hybridized carbons (Fsp3) is 0. The highest BCUT2D eigenvalue weighted by Gasteiger charge is 2.07. The number of halogens is 1. The molecule has 2 aromatic carbocycles. The van der Waals surface area contributed by atoms with Crippen LogP contribution in [0.5, 0.6) is 0 Å². The van der Waals surface area contributed by atoms with Crippen LogP contribution in [0.2, 0.25) is 0 Å². The molecule has 1 aromatic heterocycles. The highest BCUT2D eigenvalue weighted by molar-refractivity contribution is 5.89. The molecule has 0 saturated carbocycles. The molecule has 0 bridgehead atoms. The number of furan rings is 1. The van der Waals surface area contributed by atoms with Crippen molar-refractivity contribution in [3.63, 3.8) is 0 Å². The van der Waals surface area contributed by atoms with E-state index in [1.807, 2.05) is 6.07 Å². The molecule has 4 heteroatoms. The number of hydrogen-bond donors (Lipinski definition) is 0. The van der Waals surface area contributed by atoms with Gasteiger partial charge in [0.05, 0.1) is 23.3 Å². The number of allylic oxidation sites excluding steroid dienone is 1. The lowest BCUT2D eigenvalue weighted by atomic mass is 10.0. The van der Waals surface area contributed by atoms with Crippen molar-refractivity contribution in [2.45, 2.75) is 0 Å². The van der Waals surface area contributed by atoms with Crippen molar-refractivity contribution >= 4 is 11.6 Å². The maximum atomic E-state index is 13.0. The van der Waals surface area contributed by atoms with Crippen molar-refractivity contribution in [2.24, 2.45) is 0 Å². The van der Waals surface area contributed by atoms with Crippen molar-refractivity contribution in [1.82, 2.24) is 0 Å². The van der Waals surface area contributed by atoms with Crippen molar-refractivity contribution in [3.8, 4) is 23.5 Å². The monoisotopic (exact) mass is 314 g/mol. The third-order valence-electron chi connectivity index (χ3n) is 3.47. The van der Waals surface area contributed by atoms with Gasteiger partial charge in [-0.2, -0.15) is 10.5 Å². The van der Waals surface area contributed by atoms with Crippen LogP contribution in [-0.2, 0) is 0 Å². The molecule has 0 amide bonds. The Morgan fingerprint density at radius 1 is 1.00 bits per heavy atom. The molecule has 24 heavy (non-hydrogen) atoms. The number of benzene rings is 2. The Morgan fingerprint density at radius 2 is 1.79 bits per heavy atom. The standard InChI is InChI=1S/C20H11FN2O/c21-18-6-4-15(5-7-18)20-9-8-19(24-20)11-17(13-23)16-3-1-2-14(10-16)12-22/h1-11H/b17-11-. The lowest BCUT2D eigenvalue weighted by Gasteiger charge is -1.99. The van der Waals surface area contributed by atoms with E-state index in [4.69, 9.17) is 9.68 Å². The van der Waals surface area contributed by atoms with Gasteiger partial charge in [-0.1, -0.05) is 12.1 Å². The first-order valence-corrected chi connectivity index (χ1v) is 7.18. The van der Waals surface area contributed by atoms with E-state index in [-0.39, 0.29) is 5.82 Å². The van der Waals surface area contributed by atoms with Gasteiger partial charge in [-0.05, 0) is 60.2 Å². The minimum absolute atomic E-state index is 0.311. The molecule has 3 nitrogen and oxygen atoms in total. The predicted octanol–water partition coefficient (Wildman–Crippen LogP) is 5.02. The third-order valence-corrected chi connectivity index (χ3v) is 3.47. The Balaban J connectivity index is 1.94. The van der Waals surface area contributed by atoms with Crippen molar-refractivity contribution in [1.29, 1.82) is 10.5 Å². The molecule has 0 radical (unpaired) electrons. The zero-order chi connectivity index (χ0) is 16.9. The minimum Gasteiger partial charge on any atom is -0.457 e. The van der Waals surface area contributed by atoms with E-state index in [9.17, 15) is 9.65 Å². The maximum Gasteiger partial charge on any atom is 0.134 e. The molecule has 0 aliphatic rings. The molecule has 0 saturated heterocycles. The molecule has 0 atom stereocenters. The van der Waals surface area contributed by atoms with Crippen LogP contribution in [-0.4, -0.2) is 0 Å². The largest absolute Gasteiger partial charge is 0.457 e. The van der Waals surface area contributed by atoms with Crippen molar-refractivity contribution in [3.05, 3.63) is 83.4 Å². The molecule has 1 heterocycles. The van der Waals surface area contributed by atoms with Crippen LogP contribution in [0.25, 0.3) is 23.0 Å². The first-order valence-electron chi connectivity index (χ1n) is 7.18. The summed E-state index contributed by atoms with van der Waals surface area (Å²) in [5.41, 5.74) is 2.28. The molecule has 3 rings (SSSR count). The molecule has 0 spiro atoms. The summed E-state index contributed by atoms with van der Waals surface area (Å²) in [7, 11) is 0. The SMILES string of the molecule is N#C/C(=C/c1ccc(-c2ccc(F)cc2)o1)c1cccc(C#N)c1. The summed E-state index contributed by atoms with van der Waals surface area (Å²) in [6.45, 7) is 0. The number of hydrogen-bond acceptors (Lipinski definition) is 3. The minimum atomic E-state index is -0.311. The topological polar surface area (TPSA) is 60.7 Å². The van der Waals surface area contributed by atoms with Gasteiger partial charge in [0, 0.05) is 5.56 Å². The van der Waals surface area contributed by atoms with Gasteiger partial charge in [-0.15, -0.1) is 0 Å². The summed E-state index contributed by atoms with van der Waals surface area (Å²) in [6, 6.07) is 20.5. The second kappa shape index (κ2) is 6.64. The van der Waals surface area contributed by atoms with Crippen molar-refractivity contribution < 1.29 is 8.81 Å². The fourth-order valence-electron chi connectivity index (χ4n) is 2.28. The Morgan fingerprint density at radius 3 is 2.50 bits per heavy atom. The molecule has 114 valence electrons. The molecule has 3 aromatic rings. The summed E-state index contributed by atoms with van der Waals surface area (Å²) in [4.78, 5) is 0. The first-order chi connectivity index (χ1) is 11.7. The summed E-state index contributed by atoms with van der Waals surface area (Å²) < 4.78 is 18.7. The van der Waals surface area contributed by atoms with E-state index >= 15 is 0 Å². The van der Waals surface area contributed by atoms with Crippen LogP contribution in [0, 0.1) is 28.5 Å². The van der Waals surface area contributed by atoms with E-state index in [0.29, 0.717) is 28.2 Å². The van der Waals surface area contributed by atoms with E-state index < -0.39 is 0 Å². The van der Waals surface area contributed by atoms with Crippen LogP contribution in [0.1, 0.15) is 16.9 Å². The van der Waals surface area contributed by atoms with Gasteiger partial charge in [0.25, 0.3) is 0 Å². The Labute approximate surface area is 138 Å². The van der Waals surface area contributed by atoms with Gasteiger partial charge in [-0.25, -0.2) is 4.39 Å². The number of rotatable bonds is 3. The van der Waals surface area contributed by atoms with Gasteiger partial charge in [0.1, 0.15) is 17.3 Å². The molecule has 0 fully saturated rings. The number of nitrogens with zero attached hydrogens (tertiary/aromatic N) is 2. The van der Waals surface area contributed by atoms with E-state index in [0.717, 1.165) is 5.56 Å². The zero-order valence-electron chi connectivity index (χ0n) is 12.5. The van der Waals surface area contributed by atoms with Crippen molar-refractivity contribution in [2.75, 3.05) is 0 Å². The van der Waals surface area contributed by atoms with E-state index in [1.165, 1.54) is 12.1 Å². The second-order valence-electron chi connectivity index (χ2n) is 5.07. The normalized spacial score (nSPS) is 10.9. The van der Waals surface area contributed by atoms with Gasteiger partial charge < -0.3 is 4.42 Å². The highest BCUT2D eigenvalue weighted by Crippen LogP contribution is 2.25. The summed E-state index contributed by atoms with van der Waals surface area (Å²) in [6.07, 6.45) is 1.61. The Hall–Kier alpha value is -3.63. The van der Waals surface area contributed by atoms with Gasteiger partial charge in [0.2, 0.25) is 0 Å². The van der Waals surface area contributed by atoms with Crippen LogP contribution < -0.4 is 0 Å². The van der Waals surface area contributed by atoms with Gasteiger partial charge >= 0.3 is 0 Å². The first kappa shape index (κ1) is 15.3. The van der Waals surface area contributed by atoms with Crippen LogP contribution in [0.15, 0.2) is 65.1 Å². The van der Waals surface area contributed by atoms with E-state index in [2.05, 4.69) is 6.07 Å². The van der Waals surface area contributed by atoms with Crippen LogP contribution in [0.4, 0.5) is 4.39 Å². The Kier molecular flexibility index (Phi) is 4.23. The molecule has 0 N–H and O–H groups in total. The second-order valence-corrected chi connectivity index (χ2v) is 5.07. The Bertz CT molecular complexity index is 985. The van der Waals surface area contributed by atoms with Gasteiger partial charge in [0.15, 0.2) is 0 Å². The predicted molar refractivity (Wildman–Crippen MR) is 88.7 cm³/mol. The fourth-order valence-corrected chi connectivity index (χ4v) is 2.28. The average molecular weight is 314 g/mol. The zero-order valence-corrected chi connectivity index (χ0v) is 12.5. The smallest absolute Gasteiger partial charge is 0.134 e. The third kappa shape index (κ3) is 3.24.